The molecular formula is C11H18N2O3. The van der Waals surface area contributed by atoms with E-state index >= 15 is 0 Å². The molecule has 1 saturated carbocycles. The number of primary amides is 1. The van der Waals surface area contributed by atoms with Gasteiger partial charge in [-0.1, -0.05) is 19.3 Å². The third-order valence-corrected chi connectivity index (χ3v) is 3.74. The lowest BCUT2D eigenvalue weighted by molar-refractivity contribution is -0.159. The first kappa shape index (κ1) is 11.4. The average Bonchev–Trinajstić information content (AvgIpc) is 2.24. The third-order valence-electron chi connectivity index (χ3n) is 3.74. The Balaban J connectivity index is 2.12. The molecular weight excluding hydrogens is 208 g/mol. The standard InChI is InChI=1S/C11H18N2O3/c12-9(15)11(4-2-1-3-5-11)10(16)13-6-8(14)7-13/h8,14H,1-7H2,(H2,12,15). The molecule has 2 amide bonds. The minimum atomic E-state index is -0.988. The second-order valence-corrected chi connectivity index (χ2v) is 4.87. The van der Waals surface area contributed by atoms with Crippen LogP contribution in [0.3, 0.4) is 0 Å². The lowest BCUT2D eigenvalue weighted by Crippen LogP contribution is -2.61. The molecule has 2 aliphatic rings. The molecule has 16 heavy (non-hydrogen) atoms. The highest BCUT2D eigenvalue weighted by atomic mass is 16.3. The molecule has 0 unspecified atom stereocenters. The van der Waals surface area contributed by atoms with Gasteiger partial charge in [-0.2, -0.15) is 0 Å². The quantitative estimate of drug-likeness (QED) is 0.630. The van der Waals surface area contributed by atoms with Crippen LogP contribution in [-0.4, -0.2) is 41.0 Å². The summed E-state index contributed by atoms with van der Waals surface area (Å²) < 4.78 is 0. The molecule has 1 heterocycles. The third kappa shape index (κ3) is 1.69. The smallest absolute Gasteiger partial charge is 0.238 e. The van der Waals surface area contributed by atoms with Crippen LogP contribution in [0.4, 0.5) is 0 Å². The van der Waals surface area contributed by atoms with Gasteiger partial charge in [0, 0.05) is 13.1 Å². The Morgan fingerprint density at radius 3 is 2.19 bits per heavy atom. The van der Waals surface area contributed by atoms with Crippen molar-refractivity contribution in [3.8, 4) is 0 Å². The number of rotatable bonds is 2. The van der Waals surface area contributed by atoms with Crippen LogP contribution in [0.2, 0.25) is 0 Å². The number of β-amino-alcohol motifs (C(OH)–C–C–N with tert-alkyl or cyclic N) is 1. The number of hydrogen-bond acceptors (Lipinski definition) is 3. The normalized spacial score (nSPS) is 24.9. The number of hydrogen-bond donors (Lipinski definition) is 2. The first-order valence-electron chi connectivity index (χ1n) is 5.83. The van der Waals surface area contributed by atoms with Crippen LogP contribution < -0.4 is 5.73 Å². The summed E-state index contributed by atoms with van der Waals surface area (Å²) >= 11 is 0. The number of aliphatic hydroxyl groups is 1. The van der Waals surface area contributed by atoms with Crippen LogP contribution in [0.15, 0.2) is 0 Å². The van der Waals surface area contributed by atoms with Crippen molar-refractivity contribution in [3.63, 3.8) is 0 Å². The van der Waals surface area contributed by atoms with E-state index in [-0.39, 0.29) is 5.91 Å². The number of amides is 2. The van der Waals surface area contributed by atoms with Crippen molar-refractivity contribution in [3.05, 3.63) is 0 Å². The van der Waals surface area contributed by atoms with E-state index < -0.39 is 17.4 Å². The second-order valence-electron chi connectivity index (χ2n) is 4.87. The van der Waals surface area contributed by atoms with Crippen LogP contribution in [0.1, 0.15) is 32.1 Å². The van der Waals surface area contributed by atoms with Crippen molar-refractivity contribution in [2.75, 3.05) is 13.1 Å². The second kappa shape index (κ2) is 4.05. The molecule has 3 N–H and O–H groups in total. The number of nitrogens with two attached hydrogens (primary N) is 1. The lowest BCUT2D eigenvalue weighted by Gasteiger charge is -2.43. The summed E-state index contributed by atoms with van der Waals surface area (Å²) in [4.78, 5) is 25.3. The van der Waals surface area contributed by atoms with Crippen molar-refractivity contribution in [1.29, 1.82) is 0 Å². The maximum Gasteiger partial charge on any atom is 0.238 e. The van der Waals surface area contributed by atoms with Crippen molar-refractivity contribution >= 4 is 11.8 Å². The monoisotopic (exact) mass is 226 g/mol. The van der Waals surface area contributed by atoms with Gasteiger partial charge in [0.05, 0.1) is 6.10 Å². The number of carbonyl (C=O) groups excluding carboxylic acids is 2. The van der Waals surface area contributed by atoms with Gasteiger partial charge in [-0.25, -0.2) is 0 Å². The van der Waals surface area contributed by atoms with E-state index in [1.54, 1.807) is 4.90 Å². The Hall–Kier alpha value is -1.10. The summed E-state index contributed by atoms with van der Waals surface area (Å²) in [6.07, 6.45) is 3.51. The molecule has 0 atom stereocenters. The van der Waals surface area contributed by atoms with Gasteiger partial charge in [0.25, 0.3) is 0 Å². The predicted octanol–water partition coefficient (Wildman–Crippen LogP) is -0.375. The molecule has 0 aromatic rings. The van der Waals surface area contributed by atoms with Crippen molar-refractivity contribution in [1.82, 2.24) is 4.90 Å². The van der Waals surface area contributed by atoms with Crippen LogP contribution in [0.25, 0.3) is 0 Å². The Morgan fingerprint density at radius 2 is 1.75 bits per heavy atom. The van der Waals surface area contributed by atoms with E-state index in [1.165, 1.54) is 0 Å². The van der Waals surface area contributed by atoms with Crippen LogP contribution in [-0.2, 0) is 9.59 Å². The van der Waals surface area contributed by atoms with E-state index in [2.05, 4.69) is 0 Å². The van der Waals surface area contributed by atoms with Crippen molar-refractivity contribution < 1.29 is 14.7 Å². The molecule has 1 aliphatic carbocycles. The highest BCUT2D eigenvalue weighted by molar-refractivity contribution is 6.04. The molecule has 2 fully saturated rings. The summed E-state index contributed by atoms with van der Waals surface area (Å²) in [6.45, 7) is 0.682. The highest BCUT2D eigenvalue weighted by Gasteiger charge is 2.49. The van der Waals surface area contributed by atoms with Crippen molar-refractivity contribution in [2.45, 2.75) is 38.2 Å². The van der Waals surface area contributed by atoms with E-state index in [9.17, 15) is 14.7 Å². The molecule has 5 heteroatoms. The van der Waals surface area contributed by atoms with Crippen LogP contribution >= 0.6 is 0 Å². The molecule has 0 aromatic carbocycles. The fourth-order valence-corrected chi connectivity index (χ4v) is 2.64. The maximum absolute atomic E-state index is 12.2. The first-order chi connectivity index (χ1) is 7.56. The molecule has 1 aliphatic heterocycles. The largest absolute Gasteiger partial charge is 0.389 e. The van der Waals surface area contributed by atoms with Gasteiger partial charge in [-0.3, -0.25) is 9.59 Å². The summed E-state index contributed by atoms with van der Waals surface area (Å²) in [6, 6.07) is 0. The Kier molecular flexibility index (Phi) is 2.88. The maximum atomic E-state index is 12.2. The zero-order chi connectivity index (χ0) is 11.8. The Bertz CT molecular complexity index is 304. The molecule has 0 aromatic heterocycles. The first-order valence-corrected chi connectivity index (χ1v) is 5.83. The van der Waals surface area contributed by atoms with Gasteiger partial charge in [0.1, 0.15) is 5.41 Å². The molecule has 90 valence electrons. The minimum Gasteiger partial charge on any atom is -0.389 e. The van der Waals surface area contributed by atoms with Gasteiger partial charge in [-0.15, -0.1) is 0 Å². The fraction of sp³-hybridized carbons (Fsp3) is 0.818. The van der Waals surface area contributed by atoms with E-state index in [0.29, 0.717) is 25.9 Å². The van der Waals surface area contributed by atoms with Crippen LogP contribution in [0.5, 0.6) is 0 Å². The van der Waals surface area contributed by atoms with Gasteiger partial charge >= 0.3 is 0 Å². The lowest BCUT2D eigenvalue weighted by atomic mass is 9.72. The molecule has 2 rings (SSSR count). The highest BCUT2D eigenvalue weighted by Crippen LogP contribution is 2.38. The molecule has 1 saturated heterocycles. The molecule has 0 radical (unpaired) electrons. The number of aliphatic hydroxyl groups excluding tert-OH is 1. The van der Waals surface area contributed by atoms with E-state index in [0.717, 1.165) is 19.3 Å². The summed E-state index contributed by atoms with van der Waals surface area (Å²) in [5.41, 5.74) is 4.42. The van der Waals surface area contributed by atoms with Gasteiger partial charge < -0.3 is 15.7 Å². The summed E-state index contributed by atoms with van der Waals surface area (Å²) in [5, 5.41) is 9.18. The number of likely N-dealkylation sites (tertiary alicyclic amines) is 1. The minimum absolute atomic E-state index is 0.176. The molecule has 0 spiro atoms. The fourth-order valence-electron chi connectivity index (χ4n) is 2.64. The Labute approximate surface area is 94.6 Å². The van der Waals surface area contributed by atoms with Gasteiger partial charge in [-0.05, 0) is 12.8 Å². The number of carbonyl (C=O) groups is 2. The predicted molar refractivity (Wildman–Crippen MR) is 57.3 cm³/mol. The number of nitrogens with zero attached hydrogens (tertiary/aromatic N) is 1. The summed E-state index contributed by atoms with van der Waals surface area (Å²) in [7, 11) is 0. The molecule has 5 nitrogen and oxygen atoms in total. The summed E-state index contributed by atoms with van der Waals surface area (Å²) in [5.74, 6) is -0.677. The van der Waals surface area contributed by atoms with Gasteiger partial charge in [0.2, 0.25) is 11.8 Å². The zero-order valence-corrected chi connectivity index (χ0v) is 9.32. The van der Waals surface area contributed by atoms with Crippen molar-refractivity contribution in [2.24, 2.45) is 11.1 Å². The molecule has 0 bridgehead atoms. The Morgan fingerprint density at radius 1 is 1.19 bits per heavy atom. The van der Waals surface area contributed by atoms with Crippen LogP contribution in [0, 0.1) is 5.41 Å². The van der Waals surface area contributed by atoms with Gasteiger partial charge in [0.15, 0.2) is 0 Å². The van der Waals surface area contributed by atoms with E-state index in [1.807, 2.05) is 0 Å². The SMILES string of the molecule is NC(=O)C1(C(=O)N2CC(O)C2)CCCCC1. The topological polar surface area (TPSA) is 83.6 Å². The average molecular weight is 226 g/mol. The van der Waals surface area contributed by atoms with E-state index in [4.69, 9.17) is 5.73 Å². The zero-order valence-electron chi connectivity index (χ0n) is 9.32.